The molecule has 2 N–H and O–H groups in total. The van der Waals surface area contributed by atoms with Gasteiger partial charge in [-0.05, 0) is 54.8 Å². The van der Waals surface area contributed by atoms with Crippen LogP contribution in [0.1, 0.15) is 17.5 Å². The van der Waals surface area contributed by atoms with E-state index in [0.29, 0.717) is 49.7 Å². The van der Waals surface area contributed by atoms with Crippen LogP contribution in [0.15, 0.2) is 60.0 Å². The number of aryl methyl sites for hydroxylation is 2. The van der Waals surface area contributed by atoms with E-state index in [9.17, 15) is 18.0 Å². The SMILES string of the molecule is C=CC(=O)Nc1ccc(CCC(=O)Nc2ccc(C)c(S(=O)(=O)N3CCOCC3)c2)cc1. The highest BCUT2D eigenvalue weighted by atomic mass is 32.2. The molecule has 2 aromatic rings. The zero-order chi connectivity index (χ0) is 23.1. The van der Waals surface area contributed by atoms with Crippen molar-refractivity contribution in [2.45, 2.75) is 24.7 Å². The third-order valence-electron chi connectivity index (χ3n) is 5.11. The van der Waals surface area contributed by atoms with Gasteiger partial charge in [0, 0.05) is 30.9 Å². The Bertz CT molecular complexity index is 1090. The molecule has 8 nitrogen and oxygen atoms in total. The fraction of sp³-hybridized carbons (Fsp3) is 0.304. The lowest BCUT2D eigenvalue weighted by Crippen LogP contribution is -2.40. The number of hydrogen-bond acceptors (Lipinski definition) is 5. The van der Waals surface area contributed by atoms with Gasteiger partial charge in [-0.3, -0.25) is 9.59 Å². The zero-order valence-corrected chi connectivity index (χ0v) is 18.8. The Hall–Kier alpha value is -3.01. The van der Waals surface area contributed by atoms with Gasteiger partial charge in [0.25, 0.3) is 0 Å². The molecule has 2 amide bonds. The number of anilines is 2. The summed E-state index contributed by atoms with van der Waals surface area (Å²) < 4.78 is 32.6. The van der Waals surface area contributed by atoms with Crippen molar-refractivity contribution in [3.05, 3.63) is 66.2 Å². The summed E-state index contributed by atoms with van der Waals surface area (Å²) in [7, 11) is -3.66. The van der Waals surface area contributed by atoms with Gasteiger partial charge in [0.2, 0.25) is 21.8 Å². The molecule has 2 aromatic carbocycles. The van der Waals surface area contributed by atoms with Gasteiger partial charge in [-0.2, -0.15) is 4.31 Å². The molecule has 1 saturated heterocycles. The average molecular weight is 458 g/mol. The van der Waals surface area contributed by atoms with Crippen molar-refractivity contribution in [2.24, 2.45) is 0 Å². The van der Waals surface area contributed by atoms with E-state index in [1.807, 2.05) is 12.1 Å². The topological polar surface area (TPSA) is 105 Å². The fourth-order valence-electron chi connectivity index (χ4n) is 3.31. The summed E-state index contributed by atoms with van der Waals surface area (Å²) in [6.45, 7) is 6.51. The Morgan fingerprint density at radius 3 is 2.38 bits per heavy atom. The van der Waals surface area contributed by atoms with Crippen LogP contribution in [0.25, 0.3) is 0 Å². The molecule has 0 spiro atoms. The maximum Gasteiger partial charge on any atom is 0.247 e. The van der Waals surface area contributed by atoms with Crippen LogP contribution in [0.4, 0.5) is 11.4 Å². The highest BCUT2D eigenvalue weighted by Gasteiger charge is 2.28. The number of amides is 2. The van der Waals surface area contributed by atoms with Crippen LogP contribution in [0.2, 0.25) is 0 Å². The fourth-order valence-corrected chi connectivity index (χ4v) is 4.97. The standard InChI is InChI=1S/C23H27N3O5S/c1-3-22(27)24-19-9-5-18(6-10-19)7-11-23(28)25-20-8-4-17(2)21(16-20)32(29,30)26-12-14-31-15-13-26/h3-6,8-10,16H,1,7,11-15H2,2H3,(H,24,27)(H,25,28). The molecule has 1 fully saturated rings. The molecule has 0 unspecified atom stereocenters. The maximum atomic E-state index is 13.0. The van der Waals surface area contributed by atoms with E-state index in [-0.39, 0.29) is 23.1 Å². The first kappa shape index (κ1) is 23.6. The Labute approximate surface area is 188 Å². The van der Waals surface area contributed by atoms with Crippen molar-refractivity contribution in [3.8, 4) is 0 Å². The predicted octanol–water partition coefficient (Wildman–Crippen LogP) is 2.71. The number of carbonyl (C=O) groups excluding carboxylic acids is 2. The van der Waals surface area contributed by atoms with Crippen LogP contribution in [-0.4, -0.2) is 50.8 Å². The number of rotatable bonds is 8. The van der Waals surface area contributed by atoms with Crippen LogP contribution in [-0.2, 0) is 30.8 Å². The number of ether oxygens (including phenoxy) is 1. The molecule has 3 rings (SSSR count). The number of nitrogens with zero attached hydrogens (tertiary/aromatic N) is 1. The Morgan fingerprint density at radius 2 is 1.72 bits per heavy atom. The second-order valence-electron chi connectivity index (χ2n) is 7.44. The first-order valence-corrected chi connectivity index (χ1v) is 11.7. The van der Waals surface area contributed by atoms with Gasteiger partial charge in [-0.15, -0.1) is 0 Å². The highest BCUT2D eigenvalue weighted by Crippen LogP contribution is 2.24. The Morgan fingerprint density at radius 1 is 1.06 bits per heavy atom. The summed E-state index contributed by atoms with van der Waals surface area (Å²) in [5.74, 6) is -0.502. The van der Waals surface area contributed by atoms with E-state index < -0.39 is 10.0 Å². The second-order valence-corrected chi connectivity index (χ2v) is 9.34. The molecule has 1 aliphatic heterocycles. The normalized spacial score (nSPS) is 14.5. The van der Waals surface area contributed by atoms with Gasteiger partial charge in [-0.1, -0.05) is 24.8 Å². The molecular weight excluding hydrogens is 430 g/mol. The highest BCUT2D eigenvalue weighted by molar-refractivity contribution is 7.89. The van der Waals surface area contributed by atoms with E-state index in [4.69, 9.17) is 4.74 Å². The molecule has 0 saturated carbocycles. The first-order chi connectivity index (χ1) is 15.3. The number of carbonyl (C=O) groups is 2. The van der Waals surface area contributed by atoms with Crippen molar-refractivity contribution in [1.82, 2.24) is 4.31 Å². The zero-order valence-electron chi connectivity index (χ0n) is 18.0. The Kier molecular flexibility index (Phi) is 7.79. The predicted molar refractivity (Wildman–Crippen MR) is 123 cm³/mol. The van der Waals surface area contributed by atoms with Crippen LogP contribution in [0.5, 0.6) is 0 Å². The minimum absolute atomic E-state index is 0.189. The van der Waals surface area contributed by atoms with Crippen LogP contribution in [0.3, 0.4) is 0 Å². The van der Waals surface area contributed by atoms with Crippen molar-refractivity contribution in [1.29, 1.82) is 0 Å². The van der Waals surface area contributed by atoms with Gasteiger partial charge >= 0.3 is 0 Å². The number of hydrogen-bond donors (Lipinski definition) is 2. The largest absolute Gasteiger partial charge is 0.379 e. The summed E-state index contributed by atoms with van der Waals surface area (Å²) in [6.07, 6.45) is 1.94. The second kappa shape index (κ2) is 10.5. The summed E-state index contributed by atoms with van der Waals surface area (Å²) in [5, 5.41) is 5.45. The van der Waals surface area contributed by atoms with Crippen molar-refractivity contribution >= 4 is 33.2 Å². The van der Waals surface area contributed by atoms with Gasteiger partial charge < -0.3 is 15.4 Å². The van der Waals surface area contributed by atoms with E-state index in [1.54, 1.807) is 31.2 Å². The minimum Gasteiger partial charge on any atom is -0.379 e. The number of morpholine rings is 1. The van der Waals surface area contributed by atoms with E-state index in [2.05, 4.69) is 17.2 Å². The molecule has 1 aliphatic rings. The number of benzene rings is 2. The molecule has 32 heavy (non-hydrogen) atoms. The van der Waals surface area contributed by atoms with Crippen LogP contribution in [0, 0.1) is 6.92 Å². The summed E-state index contributed by atoms with van der Waals surface area (Å²) in [4.78, 5) is 23.9. The average Bonchev–Trinajstić information content (AvgIpc) is 2.80. The molecule has 9 heteroatoms. The van der Waals surface area contributed by atoms with Gasteiger partial charge in [-0.25, -0.2) is 8.42 Å². The third-order valence-corrected chi connectivity index (χ3v) is 7.15. The van der Waals surface area contributed by atoms with Crippen LogP contribution >= 0.6 is 0 Å². The summed E-state index contributed by atoms with van der Waals surface area (Å²) in [6, 6.07) is 12.1. The third kappa shape index (κ3) is 6.03. The summed E-state index contributed by atoms with van der Waals surface area (Å²) in [5.41, 5.74) is 2.65. The molecule has 0 radical (unpaired) electrons. The molecule has 0 aromatic heterocycles. The quantitative estimate of drug-likeness (QED) is 0.593. The van der Waals surface area contributed by atoms with E-state index >= 15 is 0 Å². The maximum absolute atomic E-state index is 13.0. The smallest absolute Gasteiger partial charge is 0.247 e. The van der Waals surface area contributed by atoms with Crippen LogP contribution < -0.4 is 10.6 Å². The molecule has 0 bridgehead atoms. The lowest BCUT2D eigenvalue weighted by atomic mass is 10.1. The monoisotopic (exact) mass is 457 g/mol. The van der Waals surface area contributed by atoms with Gasteiger partial charge in [0.15, 0.2) is 0 Å². The van der Waals surface area contributed by atoms with E-state index in [1.165, 1.54) is 16.4 Å². The first-order valence-electron chi connectivity index (χ1n) is 10.3. The molecule has 0 atom stereocenters. The minimum atomic E-state index is -3.66. The summed E-state index contributed by atoms with van der Waals surface area (Å²) >= 11 is 0. The Balaban J connectivity index is 1.61. The van der Waals surface area contributed by atoms with E-state index in [0.717, 1.165) is 5.56 Å². The van der Waals surface area contributed by atoms with Crippen molar-refractivity contribution < 1.29 is 22.7 Å². The molecular formula is C23H27N3O5S. The van der Waals surface area contributed by atoms with Gasteiger partial charge in [0.05, 0.1) is 18.1 Å². The van der Waals surface area contributed by atoms with Crippen molar-refractivity contribution in [2.75, 3.05) is 36.9 Å². The lowest BCUT2D eigenvalue weighted by molar-refractivity contribution is -0.116. The number of sulfonamides is 1. The molecule has 170 valence electrons. The van der Waals surface area contributed by atoms with Gasteiger partial charge in [0.1, 0.15) is 0 Å². The molecule has 1 heterocycles. The molecule has 0 aliphatic carbocycles. The lowest BCUT2D eigenvalue weighted by Gasteiger charge is -2.26. The van der Waals surface area contributed by atoms with Crippen molar-refractivity contribution in [3.63, 3.8) is 0 Å². The number of nitrogens with one attached hydrogen (secondary N) is 2.